The number of likely N-dealkylation sites (tertiary alicyclic amines) is 1. The van der Waals surface area contributed by atoms with Crippen molar-refractivity contribution < 1.29 is 14.0 Å². The molecule has 1 aromatic carbocycles. The summed E-state index contributed by atoms with van der Waals surface area (Å²) in [5.41, 5.74) is 1.66. The highest BCUT2D eigenvalue weighted by atomic mass is 32.1. The van der Waals surface area contributed by atoms with Crippen molar-refractivity contribution in [3.63, 3.8) is 0 Å². The van der Waals surface area contributed by atoms with Crippen LogP contribution < -0.4 is 5.32 Å². The van der Waals surface area contributed by atoms with Crippen molar-refractivity contribution in [1.82, 2.24) is 10.2 Å². The molecule has 1 aliphatic rings. The predicted molar refractivity (Wildman–Crippen MR) is 100 cm³/mol. The normalized spacial score (nSPS) is 15.0. The maximum atomic E-state index is 12.9. The number of amides is 2. The summed E-state index contributed by atoms with van der Waals surface area (Å²) in [5, 5.41) is 6.69. The molecule has 26 heavy (non-hydrogen) atoms. The molecule has 4 nitrogen and oxygen atoms in total. The van der Waals surface area contributed by atoms with Crippen LogP contribution in [0, 0.1) is 11.7 Å². The van der Waals surface area contributed by atoms with Crippen LogP contribution in [0.2, 0.25) is 0 Å². The molecule has 0 aliphatic carbocycles. The summed E-state index contributed by atoms with van der Waals surface area (Å²) in [5.74, 6) is 0.342. The third kappa shape index (κ3) is 5.14. The average Bonchev–Trinajstić information content (AvgIpc) is 3.20. The molecule has 1 aromatic heterocycles. The lowest BCUT2D eigenvalue weighted by molar-refractivity contribution is -0.121. The second-order valence-corrected chi connectivity index (χ2v) is 7.47. The van der Waals surface area contributed by atoms with Crippen molar-refractivity contribution in [3.8, 4) is 0 Å². The van der Waals surface area contributed by atoms with E-state index in [0.717, 1.165) is 43.5 Å². The lowest BCUT2D eigenvalue weighted by atomic mass is 9.92. The largest absolute Gasteiger partial charge is 0.352 e. The molecule has 3 rings (SSSR count). The first-order chi connectivity index (χ1) is 12.6. The zero-order valence-corrected chi connectivity index (χ0v) is 15.4. The maximum absolute atomic E-state index is 12.9. The van der Waals surface area contributed by atoms with E-state index in [9.17, 15) is 14.0 Å². The van der Waals surface area contributed by atoms with Crippen LogP contribution in [-0.4, -0.2) is 29.8 Å². The van der Waals surface area contributed by atoms with Crippen molar-refractivity contribution in [1.29, 1.82) is 0 Å². The summed E-state index contributed by atoms with van der Waals surface area (Å²) in [7, 11) is 0. The van der Waals surface area contributed by atoms with Crippen LogP contribution in [-0.2, 0) is 11.3 Å². The van der Waals surface area contributed by atoms with Gasteiger partial charge < -0.3 is 10.2 Å². The Kier molecular flexibility index (Phi) is 6.39. The first-order valence-corrected chi connectivity index (χ1v) is 9.88. The molecule has 0 saturated carbocycles. The summed E-state index contributed by atoms with van der Waals surface area (Å²) in [4.78, 5) is 26.2. The Morgan fingerprint density at radius 1 is 1.15 bits per heavy atom. The summed E-state index contributed by atoms with van der Waals surface area (Å²) in [6, 6.07) is 8.01. The summed E-state index contributed by atoms with van der Waals surface area (Å²) < 4.78 is 12.9. The lowest BCUT2D eigenvalue weighted by Gasteiger charge is -2.31. The number of nitrogens with one attached hydrogen (secondary N) is 1. The van der Waals surface area contributed by atoms with Gasteiger partial charge in [-0.2, -0.15) is 11.3 Å². The van der Waals surface area contributed by atoms with Crippen LogP contribution in [0.3, 0.4) is 0 Å². The molecule has 0 spiro atoms. The molecule has 1 N–H and O–H groups in total. The third-order valence-corrected chi connectivity index (χ3v) is 5.54. The second-order valence-electron chi connectivity index (χ2n) is 6.69. The van der Waals surface area contributed by atoms with Crippen molar-refractivity contribution in [3.05, 3.63) is 58.0 Å². The zero-order valence-electron chi connectivity index (χ0n) is 14.6. The van der Waals surface area contributed by atoms with Gasteiger partial charge in [-0.3, -0.25) is 9.59 Å². The van der Waals surface area contributed by atoms with Gasteiger partial charge in [-0.05, 0) is 54.3 Å². The topological polar surface area (TPSA) is 49.4 Å². The minimum absolute atomic E-state index is 0.0195. The van der Waals surface area contributed by atoms with Gasteiger partial charge in [-0.15, -0.1) is 0 Å². The van der Waals surface area contributed by atoms with E-state index in [1.165, 1.54) is 23.5 Å². The zero-order chi connectivity index (χ0) is 18.4. The van der Waals surface area contributed by atoms with Crippen molar-refractivity contribution in [2.45, 2.75) is 32.2 Å². The first kappa shape index (κ1) is 18.6. The standard InChI is InChI=1S/C20H23FN2O2S/c21-18-4-1-16(2-5-18)13-22-19(24)6-3-15-7-10-23(11-8-15)20(25)17-9-12-26-14-17/h1-2,4-5,9,12,14-15H,3,6-8,10-11,13H2,(H,22,24). The molecular weight excluding hydrogens is 351 g/mol. The molecule has 0 atom stereocenters. The molecule has 1 aliphatic heterocycles. The Balaban J connectivity index is 1.35. The Bertz CT molecular complexity index is 723. The smallest absolute Gasteiger partial charge is 0.254 e. The van der Waals surface area contributed by atoms with Crippen molar-refractivity contribution in [2.24, 2.45) is 5.92 Å². The fraction of sp³-hybridized carbons (Fsp3) is 0.400. The molecular formula is C20H23FN2O2S. The fourth-order valence-corrected chi connectivity index (χ4v) is 3.85. The summed E-state index contributed by atoms with van der Waals surface area (Å²) in [6.45, 7) is 1.94. The molecule has 0 radical (unpaired) electrons. The van der Waals surface area contributed by atoms with Crippen LogP contribution in [0.4, 0.5) is 4.39 Å². The predicted octanol–water partition coefficient (Wildman–Crippen LogP) is 3.84. The number of hydrogen-bond acceptors (Lipinski definition) is 3. The molecule has 0 unspecified atom stereocenters. The Morgan fingerprint density at radius 2 is 1.88 bits per heavy atom. The van der Waals surface area contributed by atoms with Gasteiger partial charge in [0.1, 0.15) is 5.82 Å². The van der Waals surface area contributed by atoms with E-state index >= 15 is 0 Å². The SMILES string of the molecule is O=C(CCC1CCN(C(=O)c2ccsc2)CC1)NCc1ccc(F)cc1. The fourth-order valence-electron chi connectivity index (χ4n) is 3.22. The van der Waals surface area contributed by atoms with Crippen LogP contribution in [0.15, 0.2) is 41.1 Å². The molecule has 138 valence electrons. The minimum atomic E-state index is -0.274. The number of piperidine rings is 1. The number of nitrogens with zero attached hydrogens (tertiary/aromatic N) is 1. The van der Waals surface area contributed by atoms with Gasteiger partial charge in [0.15, 0.2) is 0 Å². The number of benzene rings is 1. The molecule has 6 heteroatoms. The van der Waals surface area contributed by atoms with Crippen LogP contribution in [0.5, 0.6) is 0 Å². The molecule has 1 saturated heterocycles. The van der Waals surface area contributed by atoms with Gasteiger partial charge in [0, 0.05) is 31.4 Å². The van der Waals surface area contributed by atoms with Gasteiger partial charge in [0.05, 0.1) is 5.56 Å². The number of thiophene rings is 1. The van der Waals surface area contributed by atoms with E-state index in [4.69, 9.17) is 0 Å². The van der Waals surface area contributed by atoms with E-state index in [0.29, 0.717) is 18.9 Å². The number of carbonyl (C=O) groups is 2. The summed E-state index contributed by atoms with van der Waals surface area (Å²) in [6.07, 6.45) is 3.22. The van der Waals surface area contributed by atoms with Crippen LogP contribution in [0.25, 0.3) is 0 Å². The minimum Gasteiger partial charge on any atom is -0.352 e. The number of hydrogen-bond donors (Lipinski definition) is 1. The highest BCUT2D eigenvalue weighted by molar-refractivity contribution is 7.08. The number of halogens is 1. The second kappa shape index (κ2) is 8.94. The van der Waals surface area contributed by atoms with E-state index in [1.54, 1.807) is 12.1 Å². The van der Waals surface area contributed by atoms with Crippen LogP contribution >= 0.6 is 11.3 Å². The summed E-state index contributed by atoms with van der Waals surface area (Å²) >= 11 is 1.54. The van der Waals surface area contributed by atoms with Gasteiger partial charge in [-0.1, -0.05) is 12.1 Å². The Morgan fingerprint density at radius 3 is 2.54 bits per heavy atom. The lowest BCUT2D eigenvalue weighted by Crippen LogP contribution is -2.38. The van der Waals surface area contributed by atoms with Gasteiger partial charge in [0.2, 0.25) is 5.91 Å². The van der Waals surface area contributed by atoms with Gasteiger partial charge in [-0.25, -0.2) is 4.39 Å². The number of rotatable bonds is 6. The van der Waals surface area contributed by atoms with Crippen LogP contribution in [0.1, 0.15) is 41.6 Å². The average molecular weight is 374 g/mol. The monoisotopic (exact) mass is 374 g/mol. The Hall–Kier alpha value is -2.21. The highest BCUT2D eigenvalue weighted by Gasteiger charge is 2.24. The maximum Gasteiger partial charge on any atom is 0.254 e. The van der Waals surface area contributed by atoms with E-state index in [-0.39, 0.29) is 17.6 Å². The molecule has 0 bridgehead atoms. The van der Waals surface area contributed by atoms with Crippen molar-refractivity contribution in [2.75, 3.05) is 13.1 Å². The van der Waals surface area contributed by atoms with Crippen molar-refractivity contribution >= 4 is 23.2 Å². The van der Waals surface area contributed by atoms with Gasteiger partial charge in [0.25, 0.3) is 5.91 Å². The highest BCUT2D eigenvalue weighted by Crippen LogP contribution is 2.23. The first-order valence-electron chi connectivity index (χ1n) is 8.94. The third-order valence-electron chi connectivity index (χ3n) is 4.85. The molecule has 2 aromatic rings. The quantitative estimate of drug-likeness (QED) is 0.835. The number of carbonyl (C=O) groups excluding carboxylic acids is 2. The Labute approximate surface area is 157 Å². The van der Waals surface area contributed by atoms with Gasteiger partial charge >= 0.3 is 0 Å². The molecule has 2 amide bonds. The van der Waals surface area contributed by atoms with E-state index in [1.807, 2.05) is 21.7 Å². The molecule has 1 fully saturated rings. The van der Waals surface area contributed by atoms with E-state index in [2.05, 4.69) is 5.32 Å². The molecule has 2 heterocycles. The van der Waals surface area contributed by atoms with E-state index < -0.39 is 0 Å².